The van der Waals surface area contributed by atoms with E-state index in [2.05, 4.69) is 5.32 Å². The quantitative estimate of drug-likeness (QED) is 0.724. The lowest BCUT2D eigenvalue weighted by Gasteiger charge is -2.39. The Morgan fingerprint density at radius 2 is 1.85 bits per heavy atom. The zero-order chi connectivity index (χ0) is 15.5. The Morgan fingerprint density at radius 1 is 1.25 bits per heavy atom. The SMILES string of the molecule is CNC(=O)N1CCN(C(=O)OC(C)(C)C)C(C(=O)O)C1. The summed E-state index contributed by atoms with van der Waals surface area (Å²) in [5, 5.41) is 11.7. The molecule has 1 heterocycles. The molecule has 1 aliphatic rings. The van der Waals surface area contributed by atoms with Gasteiger partial charge in [-0.2, -0.15) is 0 Å². The molecule has 0 aromatic carbocycles. The fraction of sp³-hybridized carbons (Fsp3) is 0.750. The van der Waals surface area contributed by atoms with Gasteiger partial charge in [-0.15, -0.1) is 0 Å². The number of amides is 3. The second-order valence-corrected chi connectivity index (χ2v) is 5.53. The highest BCUT2D eigenvalue weighted by molar-refractivity contribution is 5.82. The van der Waals surface area contributed by atoms with Crippen molar-refractivity contribution in [3.8, 4) is 0 Å². The number of carboxylic acid groups (broad SMARTS) is 1. The van der Waals surface area contributed by atoms with Crippen molar-refractivity contribution < 1.29 is 24.2 Å². The number of rotatable bonds is 1. The Morgan fingerprint density at radius 3 is 2.30 bits per heavy atom. The lowest BCUT2D eigenvalue weighted by Crippen LogP contribution is -2.61. The van der Waals surface area contributed by atoms with Crippen LogP contribution in [0.2, 0.25) is 0 Å². The van der Waals surface area contributed by atoms with E-state index in [0.717, 1.165) is 4.90 Å². The fourth-order valence-electron chi connectivity index (χ4n) is 1.88. The van der Waals surface area contributed by atoms with Gasteiger partial charge in [0.2, 0.25) is 0 Å². The molecular weight excluding hydrogens is 266 g/mol. The summed E-state index contributed by atoms with van der Waals surface area (Å²) < 4.78 is 5.18. The molecule has 8 nitrogen and oxygen atoms in total. The van der Waals surface area contributed by atoms with Crippen molar-refractivity contribution in [3.63, 3.8) is 0 Å². The molecule has 20 heavy (non-hydrogen) atoms. The number of urea groups is 1. The molecule has 0 aliphatic carbocycles. The van der Waals surface area contributed by atoms with Crippen molar-refractivity contribution in [2.45, 2.75) is 32.4 Å². The molecule has 1 atom stereocenters. The van der Waals surface area contributed by atoms with Gasteiger partial charge in [-0.1, -0.05) is 0 Å². The number of hydrogen-bond acceptors (Lipinski definition) is 4. The van der Waals surface area contributed by atoms with E-state index >= 15 is 0 Å². The van der Waals surface area contributed by atoms with Crippen molar-refractivity contribution in [2.75, 3.05) is 26.7 Å². The van der Waals surface area contributed by atoms with Gasteiger partial charge < -0.3 is 20.1 Å². The molecule has 0 aromatic rings. The van der Waals surface area contributed by atoms with E-state index in [4.69, 9.17) is 4.74 Å². The van der Waals surface area contributed by atoms with Crippen molar-refractivity contribution in [1.82, 2.24) is 15.1 Å². The first-order valence-electron chi connectivity index (χ1n) is 6.35. The molecule has 0 spiro atoms. The Balaban J connectivity index is 2.80. The smallest absolute Gasteiger partial charge is 0.411 e. The average Bonchev–Trinajstić information content (AvgIpc) is 2.34. The van der Waals surface area contributed by atoms with Crippen LogP contribution in [0, 0.1) is 0 Å². The number of nitrogens with one attached hydrogen (secondary N) is 1. The van der Waals surface area contributed by atoms with Gasteiger partial charge in [0.05, 0.1) is 6.54 Å². The van der Waals surface area contributed by atoms with Gasteiger partial charge >= 0.3 is 18.1 Å². The minimum atomic E-state index is -1.16. The number of carbonyl (C=O) groups is 3. The molecule has 0 radical (unpaired) electrons. The summed E-state index contributed by atoms with van der Waals surface area (Å²) in [6, 6.07) is -1.46. The predicted molar refractivity (Wildman–Crippen MR) is 70.4 cm³/mol. The summed E-state index contributed by atoms with van der Waals surface area (Å²) in [5.74, 6) is -1.16. The monoisotopic (exact) mass is 287 g/mol. The third-order valence-corrected chi connectivity index (χ3v) is 2.79. The number of carboxylic acids is 1. The largest absolute Gasteiger partial charge is 0.480 e. The van der Waals surface area contributed by atoms with Crippen LogP contribution in [0.4, 0.5) is 9.59 Å². The maximum Gasteiger partial charge on any atom is 0.411 e. The summed E-state index contributed by atoms with van der Waals surface area (Å²) in [6.45, 7) is 5.46. The van der Waals surface area contributed by atoms with Crippen molar-refractivity contribution in [1.29, 1.82) is 0 Å². The van der Waals surface area contributed by atoms with Gasteiger partial charge in [0.1, 0.15) is 5.60 Å². The van der Waals surface area contributed by atoms with Crippen molar-refractivity contribution >= 4 is 18.1 Å². The van der Waals surface area contributed by atoms with E-state index in [-0.39, 0.29) is 25.7 Å². The molecule has 3 amide bonds. The minimum Gasteiger partial charge on any atom is -0.480 e. The molecule has 114 valence electrons. The molecule has 1 rings (SSSR count). The van der Waals surface area contributed by atoms with E-state index in [0.29, 0.717) is 0 Å². The summed E-state index contributed by atoms with van der Waals surface area (Å²) in [6.07, 6.45) is -0.679. The second kappa shape index (κ2) is 5.98. The lowest BCUT2D eigenvalue weighted by molar-refractivity contribution is -0.145. The van der Waals surface area contributed by atoms with Crippen LogP contribution in [0.1, 0.15) is 20.8 Å². The van der Waals surface area contributed by atoms with Gasteiger partial charge in [-0.05, 0) is 20.8 Å². The zero-order valence-corrected chi connectivity index (χ0v) is 12.2. The van der Waals surface area contributed by atoms with Crippen LogP contribution in [-0.4, -0.2) is 71.3 Å². The standard InChI is InChI=1S/C12H21N3O5/c1-12(2,3)20-11(19)15-6-5-14(10(18)13-4)7-8(15)9(16)17/h8H,5-7H2,1-4H3,(H,13,18)(H,16,17). The van der Waals surface area contributed by atoms with Crippen LogP contribution in [0.3, 0.4) is 0 Å². The first-order chi connectivity index (χ1) is 9.15. The minimum absolute atomic E-state index is 0.0613. The Hall–Kier alpha value is -1.99. The Bertz CT molecular complexity index is 404. The number of hydrogen-bond donors (Lipinski definition) is 2. The van der Waals surface area contributed by atoms with E-state index in [9.17, 15) is 19.5 Å². The maximum atomic E-state index is 12.0. The van der Waals surface area contributed by atoms with Crippen LogP contribution in [-0.2, 0) is 9.53 Å². The molecule has 2 N–H and O–H groups in total. The molecular formula is C12H21N3O5. The molecule has 0 bridgehead atoms. The molecule has 1 saturated heterocycles. The predicted octanol–water partition coefficient (Wildman–Crippen LogP) is 0.332. The normalized spacial score (nSPS) is 19.5. The molecule has 0 aromatic heterocycles. The van der Waals surface area contributed by atoms with Gasteiger partial charge in [-0.25, -0.2) is 14.4 Å². The summed E-state index contributed by atoms with van der Waals surface area (Å²) >= 11 is 0. The first kappa shape index (κ1) is 16.1. The molecule has 1 unspecified atom stereocenters. The highest BCUT2D eigenvalue weighted by Crippen LogP contribution is 2.16. The van der Waals surface area contributed by atoms with Gasteiger partial charge in [0.25, 0.3) is 0 Å². The lowest BCUT2D eigenvalue weighted by atomic mass is 10.1. The number of nitrogens with zero attached hydrogens (tertiary/aromatic N) is 2. The average molecular weight is 287 g/mol. The van der Waals surface area contributed by atoms with E-state index < -0.39 is 23.7 Å². The van der Waals surface area contributed by atoms with Crippen molar-refractivity contribution in [3.05, 3.63) is 0 Å². The third kappa shape index (κ3) is 4.01. The van der Waals surface area contributed by atoms with Crippen LogP contribution >= 0.6 is 0 Å². The number of carbonyl (C=O) groups excluding carboxylic acids is 2. The Kier molecular flexibility index (Phi) is 4.80. The van der Waals surface area contributed by atoms with Crippen LogP contribution < -0.4 is 5.32 Å². The Labute approximate surface area is 117 Å². The van der Waals surface area contributed by atoms with Crippen LogP contribution in [0.5, 0.6) is 0 Å². The van der Waals surface area contributed by atoms with Crippen LogP contribution in [0.15, 0.2) is 0 Å². The van der Waals surface area contributed by atoms with Crippen molar-refractivity contribution in [2.24, 2.45) is 0 Å². The zero-order valence-electron chi connectivity index (χ0n) is 12.2. The number of ether oxygens (including phenoxy) is 1. The van der Waals surface area contributed by atoms with Crippen LogP contribution in [0.25, 0.3) is 0 Å². The number of aliphatic carboxylic acids is 1. The summed E-state index contributed by atoms with van der Waals surface area (Å²) in [5.41, 5.74) is -0.696. The summed E-state index contributed by atoms with van der Waals surface area (Å²) in [4.78, 5) is 37.3. The molecule has 8 heteroatoms. The molecule has 0 saturated carbocycles. The van der Waals surface area contributed by atoms with Gasteiger partial charge in [0.15, 0.2) is 6.04 Å². The van der Waals surface area contributed by atoms with E-state index in [1.165, 1.54) is 11.9 Å². The van der Waals surface area contributed by atoms with Gasteiger partial charge in [-0.3, -0.25) is 4.90 Å². The highest BCUT2D eigenvalue weighted by atomic mass is 16.6. The van der Waals surface area contributed by atoms with E-state index in [1.807, 2.05) is 0 Å². The second-order valence-electron chi connectivity index (χ2n) is 5.53. The van der Waals surface area contributed by atoms with E-state index in [1.54, 1.807) is 20.8 Å². The molecule has 1 aliphatic heterocycles. The maximum absolute atomic E-state index is 12.0. The van der Waals surface area contributed by atoms with Gasteiger partial charge in [0, 0.05) is 20.1 Å². The summed E-state index contributed by atoms with van der Waals surface area (Å²) in [7, 11) is 1.47. The third-order valence-electron chi connectivity index (χ3n) is 2.79. The molecule has 1 fully saturated rings. The number of piperazine rings is 1. The first-order valence-corrected chi connectivity index (χ1v) is 6.35. The highest BCUT2D eigenvalue weighted by Gasteiger charge is 2.38. The fourth-order valence-corrected chi connectivity index (χ4v) is 1.88. The topological polar surface area (TPSA) is 99.2 Å².